The highest BCUT2D eigenvalue weighted by atomic mass is 16.5. The third-order valence-corrected chi connectivity index (χ3v) is 5.96. The molecule has 2 aliphatic rings. The maximum absolute atomic E-state index is 11.7. The van der Waals surface area contributed by atoms with Crippen LogP contribution in [-0.4, -0.2) is 48.5 Å². The van der Waals surface area contributed by atoms with Crippen molar-refractivity contribution in [3.63, 3.8) is 0 Å². The van der Waals surface area contributed by atoms with Crippen LogP contribution in [0.2, 0.25) is 0 Å². The molecule has 3 N–H and O–H groups in total. The van der Waals surface area contributed by atoms with Crippen molar-refractivity contribution >= 4 is 16.9 Å². The third-order valence-electron chi connectivity index (χ3n) is 5.96. The van der Waals surface area contributed by atoms with Gasteiger partial charge in [0.05, 0.1) is 13.0 Å². The van der Waals surface area contributed by atoms with Gasteiger partial charge in [0.15, 0.2) is 0 Å². The first-order valence-corrected chi connectivity index (χ1v) is 9.34. The second-order valence-electron chi connectivity index (χ2n) is 7.53. The largest absolute Gasteiger partial charge is 0.490 e. The Morgan fingerprint density at radius 1 is 1.35 bits per heavy atom. The van der Waals surface area contributed by atoms with Gasteiger partial charge in [-0.1, -0.05) is 6.07 Å². The predicted molar refractivity (Wildman–Crippen MR) is 97.9 cm³/mol. The van der Waals surface area contributed by atoms with Crippen molar-refractivity contribution in [2.75, 3.05) is 20.3 Å². The van der Waals surface area contributed by atoms with Crippen LogP contribution in [0.1, 0.15) is 19.3 Å². The number of aliphatic hydroxyl groups excluding tert-OH is 1. The molecule has 0 radical (unpaired) electrons. The van der Waals surface area contributed by atoms with E-state index in [0.717, 1.165) is 35.9 Å². The minimum atomic E-state index is -0.568. The lowest BCUT2D eigenvalue weighted by Crippen LogP contribution is -2.50. The van der Waals surface area contributed by atoms with E-state index in [0.29, 0.717) is 24.4 Å². The zero-order chi connectivity index (χ0) is 18.1. The van der Waals surface area contributed by atoms with Gasteiger partial charge in [-0.05, 0) is 49.3 Å². The van der Waals surface area contributed by atoms with E-state index < -0.39 is 6.10 Å². The van der Waals surface area contributed by atoms with Crippen molar-refractivity contribution in [2.24, 2.45) is 17.8 Å². The standard InChI is InChI=1S/C20H26N2O4/c1-25-20(24)13-7-12-9-18(16(12)8-13)22-10-14(23)11-26-19-4-2-3-17-15(19)5-6-21-17/h2-6,12-14,16,18,21-23H,7-11H2,1H3. The number of benzene rings is 1. The van der Waals surface area contributed by atoms with Crippen LogP contribution in [0.3, 0.4) is 0 Å². The van der Waals surface area contributed by atoms with Gasteiger partial charge in [0, 0.05) is 29.7 Å². The molecule has 2 aliphatic carbocycles. The van der Waals surface area contributed by atoms with Crippen LogP contribution in [0.5, 0.6) is 5.75 Å². The number of aliphatic hydroxyl groups is 1. The van der Waals surface area contributed by atoms with E-state index in [2.05, 4.69) is 10.3 Å². The molecule has 0 saturated heterocycles. The molecule has 6 nitrogen and oxygen atoms in total. The maximum Gasteiger partial charge on any atom is 0.308 e. The van der Waals surface area contributed by atoms with Crippen LogP contribution >= 0.6 is 0 Å². The average molecular weight is 358 g/mol. The van der Waals surface area contributed by atoms with Crippen molar-refractivity contribution in [2.45, 2.75) is 31.4 Å². The molecule has 0 bridgehead atoms. The summed E-state index contributed by atoms with van der Waals surface area (Å²) in [4.78, 5) is 14.8. The minimum Gasteiger partial charge on any atom is -0.490 e. The fourth-order valence-electron chi connectivity index (χ4n) is 4.53. The average Bonchev–Trinajstić information content (AvgIpc) is 3.25. The molecule has 2 saturated carbocycles. The molecule has 0 spiro atoms. The number of carbonyl (C=O) groups excluding carboxylic acids is 1. The van der Waals surface area contributed by atoms with Crippen LogP contribution in [0.15, 0.2) is 30.5 Å². The summed E-state index contributed by atoms with van der Waals surface area (Å²) < 4.78 is 10.7. The lowest BCUT2D eigenvalue weighted by molar-refractivity contribution is -0.145. The molecule has 26 heavy (non-hydrogen) atoms. The summed E-state index contributed by atoms with van der Waals surface area (Å²) >= 11 is 0. The number of methoxy groups -OCH3 is 1. The van der Waals surface area contributed by atoms with Gasteiger partial charge in [0.2, 0.25) is 0 Å². The van der Waals surface area contributed by atoms with Gasteiger partial charge in [0.25, 0.3) is 0 Å². The number of fused-ring (bicyclic) bond motifs is 2. The topological polar surface area (TPSA) is 83.6 Å². The second-order valence-corrected chi connectivity index (χ2v) is 7.53. The fourth-order valence-corrected chi connectivity index (χ4v) is 4.53. The first-order valence-electron chi connectivity index (χ1n) is 9.34. The number of aromatic nitrogens is 1. The van der Waals surface area contributed by atoms with E-state index in [1.54, 1.807) is 0 Å². The molecule has 2 aromatic rings. The van der Waals surface area contributed by atoms with Gasteiger partial charge >= 0.3 is 5.97 Å². The van der Waals surface area contributed by atoms with Crippen LogP contribution in [-0.2, 0) is 9.53 Å². The predicted octanol–water partition coefficient (Wildman–Crippen LogP) is 2.08. The summed E-state index contributed by atoms with van der Waals surface area (Å²) in [5.41, 5.74) is 1.03. The highest BCUT2D eigenvalue weighted by Crippen LogP contribution is 2.49. The molecule has 140 valence electrons. The lowest BCUT2D eigenvalue weighted by Gasteiger charge is -2.41. The molecule has 1 aromatic carbocycles. The molecule has 0 amide bonds. The maximum atomic E-state index is 11.7. The number of nitrogens with one attached hydrogen (secondary N) is 2. The highest BCUT2D eigenvalue weighted by molar-refractivity contribution is 5.85. The molecule has 0 aliphatic heterocycles. The van der Waals surface area contributed by atoms with Gasteiger partial charge in [-0.15, -0.1) is 0 Å². The first-order chi connectivity index (χ1) is 12.7. The van der Waals surface area contributed by atoms with E-state index in [-0.39, 0.29) is 18.5 Å². The Morgan fingerprint density at radius 3 is 3.08 bits per heavy atom. The Morgan fingerprint density at radius 2 is 2.23 bits per heavy atom. The zero-order valence-electron chi connectivity index (χ0n) is 15.0. The minimum absolute atomic E-state index is 0.0527. The smallest absolute Gasteiger partial charge is 0.308 e. The van der Waals surface area contributed by atoms with Crippen LogP contribution in [0.4, 0.5) is 0 Å². The Bertz CT molecular complexity index is 774. The van der Waals surface area contributed by atoms with E-state index in [9.17, 15) is 9.90 Å². The summed E-state index contributed by atoms with van der Waals surface area (Å²) in [5.74, 6) is 1.91. The van der Waals surface area contributed by atoms with Crippen LogP contribution in [0.25, 0.3) is 10.9 Å². The molecule has 5 unspecified atom stereocenters. The molecular formula is C20H26N2O4. The van der Waals surface area contributed by atoms with Gasteiger partial charge < -0.3 is 24.9 Å². The number of aromatic amines is 1. The Balaban J connectivity index is 1.22. The van der Waals surface area contributed by atoms with Crippen LogP contribution in [0, 0.1) is 17.8 Å². The number of rotatable bonds is 7. The Hall–Kier alpha value is -2.05. The van der Waals surface area contributed by atoms with Gasteiger partial charge in [-0.25, -0.2) is 0 Å². The molecule has 2 fully saturated rings. The number of H-pyrrole nitrogens is 1. The molecule has 6 heteroatoms. The highest BCUT2D eigenvalue weighted by Gasteiger charge is 2.49. The Labute approximate surface area is 152 Å². The van der Waals surface area contributed by atoms with Gasteiger partial charge in [0.1, 0.15) is 18.5 Å². The fraction of sp³-hybridized carbons (Fsp3) is 0.550. The van der Waals surface area contributed by atoms with Crippen LogP contribution < -0.4 is 10.1 Å². The first kappa shape index (κ1) is 17.4. The van der Waals surface area contributed by atoms with Gasteiger partial charge in [-0.3, -0.25) is 4.79 Å². The monoisotopic (exact) mass is 358 g/mol. The summed E-state index contributed by atoms with van der Waals surface area (Å²) in [6.07, 6.45) is 4.24. The van der Waals surface area contributed by atoms with E-state index in [1.807, 2.05) is 30.5 Å². The summed E-state index contributed by atoms with van der Waals surface area (Å²) in [5, 5.41) is 14.7. The SMILES string of the molecule is COC(=O)C1CC2CC(NCC(O)COc3cccc4[nH]ccc34)C2C1. The summed E-state index contributed by atoms with van der Waals surface area (Å²) in [6.45, 7) is 0.753. The van der Waals surface area contributed by atoms with E-state index in [1.165, 1.54) is 7.11 Å². The van der Waals surface area contributed by atoms with Crippen molar-refractivity contribution in [3.8, 4) is 5.75 Å². The van der Waals surface area contributed by atoms with Crippen molar-refractivity contribution in [1.29, 1.82) is 0 Å². The quantitative estimate of drug-likeness (QED) is 0.660. The third kappa shape index (κ3) is 3.31. The summed E-state index contributed by atoms with van der Waals surface area (Å²) in [7, 11) is 1.46. The lowest BCUT2D eigenvalue weighted by atomic mass is 9.71. The van der Waals surface area contributed by atoms with Crippen molar-refractivity contribution < 1.29 is 19.4 Å². The molecule has 5 atom stereocenters. The Kier molecular flexibility index (Phi) is 4.87. The number of carbonyl (C=O) groups is 1. The summed E-state index contributed by atoms with van der Waals surface area (Å²) in [6, 6.07) is 8.21. The van der Waals surface area contributed by atoms with Crippen molar-refractivity contribution in [1.82, 2.24) is 10.3 Å². The zero-order valence-corrected chi connectivity index (χ0v) is 15.0. The number of hydrogen-bond donors (Lipinski definition) is 3. The second kappa shape index (κ2) is 7.29. The normalized spacial score (nSPS) is 28.4. The number of hydrogen-bond acceptors (Lipinski definition) is 5. The molecular weight excluding hydrogens is 332 g/mol. The molecule has 1 heterocycles. The van der Waals surface area contributed by atoms with Gasteiger partial charge in [-0.2, -0.15) is 0 Å². The number of ether oxygens (including phenoxy) is 2. The molecule has 1 aromatic heterocycles. The van der Waals surface area contributed by atoms with E-state index in [4.69, 9.17) is 9.47 Å². The van der Waals surface area contributed by atoms with Crippen molar-refractivity contribution in [3.05, 3.63) is 30.5 Å². The number of esters is 1. The van der Waals surface area contributed by atoms with E-state index >= 15 is 0 Å². The molecule has 4 rings (SSSR count).